The molecule has 0 atom stereocenters. The van der Waals surface area contributed by atoms with Crippen LogP contribution in [0, 0.1) is 25.9 Å². The molecular weight excluding hydrogens is 327 g/mol. The van der Waals surface area contributed by atoms with Gasteiger partial charge in [-0.3, -0.25) is 9.97 Å². The van der Waals surface area contributed by atoms with Crippen LogP contribution in [0.3, 0.4) is 0 Å². The third-order valence-corrected chi connectivity index (χ3v) is 4.57. The van der Waals surface area contributed by atoms with Gasteiger partial charge in [-0.25, -0.2) is 9.37 Å². The zero-order chi connectivity index (χ0) is 18.1. The number of halogens is 1. The molecule has 4 nitrogen and oxygen atoms in total. The minimum Gasteiger partial charge on any atom is -0.346 e. The third kappa shape index (κ3) is 3.20. The molecule has 0 aromatic carbocycles. The summed E-state index contributed by atoms with van der Waals surface area (Å²) >= 11 is 0. The van der Waals surface area contributed by atoms with Crippen LogP contribution in [0.15, 0.2) is 43.1 Å². The van der Waals surface area contributed by atoms with E-state index in [-0.39, 0.29) is 5.82 Å². The lowest BCUT2D eigenvalue weighted by Crippen LogP contribution is -2.02. The molecule has 0 fully saturated rings. The Labute approximate surface area is 151 Å². The molecule has 0 aliphatic carbocycles. The van der Waals surface area contributed by atoms with E-state index in [2.05, 4.69) is 32.2 Å². The molecule has 1 N–H and O–H groups in total. The fourth-order valence-electron chi connectivity index (χ4n) is 3.26. The molecule has 0 bridgehead atoms. The molecule has 0 spiro atoms. The predicted octanol–water partition coefficient (Wildman–Crippen LogP) is 4.09. The Morgan fingerprint density at radius 2 is 1.92 bits per heavy atom. The van der Waals surface area contributed by atoms with E-state index in [0.717, 1.165) is 45.3 Å². The van der Waals surface area contributed by atoms with E-state index in [1.165, 1.54) is 17.8 Å². The van der Waals surface area contributed by atoms with Gasteiger partial charge in [0.2, 0.25) is 0 Å². The molecule has 5 heteroatoms. The molecule has 0 aliphatic heterocycles. The molecule has 129 valence electrons. The van der Waals surface area contributed by atoms with Crippen LogP contribution in [0.2, 0.25) is 0 Å². The summed E-state index contributed by atoms with van der Waals surface area (Å²) in [4.78, 5) is 15.9. The first kappa shape index (κ1) is 16.4. The van der Waals surface area contributed by atoms with Crippen LogP contribution in [0.25, 0.3) is 11.0 Å². The summed E-state index contributed by atoms with van der Waals surface area (Å²) < 4.78 is 13.5. The van der Waals surface area contributed by atoms with Crippen LogP contribution in [-0.4, -0.2) is 19.9 Å². The number of nitrogens with one attached hydrogen (secondary N) is 1. The van der Waals surface area contributed by atoms with E-state index < -0.39 is 0 Å². The van der Waals surface area contributed by atoms with Crippen LogP contribution >= 0.6 is 0 Å². The van der Waals surface area contributed by atoms with Crippen molar-refractivity contribution in [1.29, 1.82) is 0 Å². The summed E-state index contributed by atoms with van der Waals surface area (Å²) in [6.45, 7) is 4.02. The van der Waals surface area contributed by atoms with Crippen molar-refractivity contribution in [3.05, 3.63) is 88.5 Å². The van der Waals surface area contributed by atoms with Gasteiger partial charge in [0.25, 0.3) is 0 Å². The standard InChI is InChI=1S/C21H18FN4/c1-13-3-20-17(11-26-21(20)25-7-13)6-16-10-23-8-14(2)19(16)5-15-4-18(22)12-24-9-15/h3-4,7,9-12H,5-6H2,1-2H3,(H,25,26). The fourth-order valence-corrected chi connectivity index (χ4v) is 3.26. The maximum absolute atomic E-state index is 13.5. The molecule has 0 saturated carbocycles. The summed E-state index contributed by atoms with van der Waals surface area (Å²) in [6, 6.07) is 3.66. The maximum atomic E-state index is 13.5. The highest BCUT2D eigenvalue weighted by Crippen LogP contribution is 2.24. The van der Waals surface area contributed by atoms with E-state index in [9.17, 15) is 4.39 Å². The second kappa shape index (κ2) is 6.67. The van der Waals surface area contributed by atoms with Crippen LogP contribution in [0.5, 0.6) is 0 Å². The van der Waals surface area contributed by atoms with Crippen LogP contribution in [0.1, 0.15) is 33.4 Å². The van der Waals surface area contributed by atoms with E-state index in [1.54, 1.807) is 6.20 Å². The topological polar surface area (TPSA) is 54.5 Å². The normalized spacial score (nSPS) is 11.2. The maximum Gasteiger partial charge on any atom is 0.141 e. The predicted molar refractivity (Wildman–Crippen MR) is 98.4 cm³/mol. The van der Waals surface area contributed by atoms with Crippen molar-refractivity contribution in [3.8, 4) is 0 Å². The zero-order valence-corrected chi connectivity index (χ0v) is 14.7. The van der Waals surface area contributed by atoms with Gasteiger partial charge < -0.3 is 4.98 Å². The van der Waals surface area contributed by atoms with E-state index in [0.29, 0.717) is 6.42 Å². The smallest absolute Gasteiger partial charge is 0.141 e. The van der Waals surface area contributed by atoms with Crippen molar-refractivity contribution < 1.29 is 4.39 Å². The lowest BCUT2D eigenvalue weighted by atomic mass is 9.94. The van der Waals surface area contributed by atoms with Gasteiger partial charge in [-0.1, -0.05) is 0 Å². The summed E-state index contributed by atoms with van der Waals surface area (Å²) in [5, 5.41) is 1.12. The highest BCUT2D eigenvalue weighted by atomic mass is 19.1. The summed E-state index contributed by atoms with van der Waals surface area (Å²) in [5.41, 5.74) is 7.21. The number of rotatable bonds is 4. The number of hydrogen-bond donors (Lipinski definition) is 1. The first-order valence-electron chi connectivity index (χ1n) is 8.47. The van der Waals surface area contributed by atoms with Gasteiger partial charge >= 0.3 is 0 Å². The Kier molecular flexibility index (Phi) is 4.21. The quantitative estimate of drug-likeness (QED) is 0.606. The average molecular weight is 345 g/mol. The largest absolute Gasteiger partial charge is 0.346 e. The molecule has 4 aromatic heterocycles. The molecule has 0 aliphatic rings. The molecule has 4 heterocycles. The van der Waals surface area contributed by atoms with E-state index >= 15 is 0 Å². The molecule has 4 rings (SSSR count). The Hall–Kier alpha value is -3.08. The number of H-pyrrole nitrogens is 1. The monoisotopic (exact) mass is 345 g/mol. The number of aromatic nitrogens is 4. The van der Waals surface area contributed by atoms with Gasteiger partial charge in [0.1, 0.15) is 11.5 Å². The van der Waals surface area contributed by atoms with Gasteiger partial charge in [-0.2, -0.15) is 0 Å². The summed E-state index contributed by atoms with van der Waals surface area (Å²) in [7, 11) is 0. The molecule has 0 unspecified atom stereocenters. The molecule has 26 heavy (non-hydrogen) atoms. The number of pyridine rings is 3. The van der Waals surface area contributed by atoms with Gasteiger partial charge in [-0.05, 0) is 65.8 Å². The minimum atomic E-state index is -0.321. The number of nitrogens with zero attached hydrogens (tertiary/aromatic N) is 3. The van der Waals surface area contributed by atoms with Crippen molar-refractivity contribution in [2.45, 2.75) is 26.7 Å². The summed E-state index contributed by atoms with van der Waals surface area (Å²) in [6.07, 6.45) is 13.0. The van der Waals surface area contributed by atoms with Crippen LogP contribution < -0.4 is 0 Å². The minimum absolute atomic E-state index is 0.321. The van der Waals surface area contributed by atoms with Gasteiger partial charge in [0.05, 0.1) is 12.4 Å². The average Bonchev–Trinajstić information content (AvgIpc) is 3.00. The second-order valence-corrected chi connectivity index (χ2v) is 6.59. The SMILES string of the molecule is Cc1cnc2[nH]cc(Cc3cn[c]c(C)c3Cc3cncc(F)c3)c2c1. The van der Waals surface area contributed by atoms with Gasteiger partial charge in [0, 0.05) is 36.6 Å². The number of aryl methyl sites for hydroxylation is 2. The first-order valence-corrected chi connectivity index (χ1v) is 8.47. The van der Waals surface area contributed by atoms with Crippen LogP contribution in [-0.2, 0) is 12.8 Å². The third-order valence-electron chi connectivity index (χ3n) is 4.57. The van der Waals surface area contributed by atoms with Crippen molar-refractivity contribution in [1.82, 2.24) is 19.9 Å². The molecule has 0 saturated heterocycles. The van der Waals surface area contributed by atoms with Gasteiger partial charge in [-0.15, -0.1) is 0 Å². The summed E-state index contributed by atoms with van der Waals surface area (Å²) in [5.74, 6) is -0.321. The van der Waals surface area contributed by atoms with Crippen molar-refractivity contribution in [3.63, 3.8) is 0 Å². The van der Waals surface area contributed by atoms with E-state index in [4.69, 9.17) is 0 Å². The second-order valence-electron chi connectivity index (χ2n) is 6.59. The number of fused-ring (bicyclic) bond motifs is 1. The Bertz CT molecular complexity index is 1080. The van der Waals surface area contributed by atoms with Crippen molar-refractivity contribution in [2.75, 3.05) is 0 Å². The zero-order valence-electron chi connectivity index (χ0n) is 14.7. The lowest BCUT2D eigenvalue weighted by molar-refractivity contribution is 0.619. The number of aromatic amines is 1. The Morgan fingerprint density at radius 3 is 2.77 bits per heavy atom. The highest BCUT2D eigenvalue weighted by Gasteiger charge is 2.12. The fraction of sp³-hybridized carbons (Fsp3) is 0.190. The molecule has 1 radical (unpaired) electrons. The van der Waals surface area contributed by atoms with Crippen LogP contribution in [0.4, 0.5) is 4.39 Å². The highest BCUT2D eigenvalue weighted by molar-refractivity contribution is 5.80. The molecular formula is C21H18FN4. The molecule has 0 amide bonds. The van der Waals surface area contributed by atoms with Crippen molar-refractivity contribution in [2.24, 2.45) is 0 Å². The van der Waals surface area contributed by atoms with Gasteiger partial charge in [0.15, 0.2) is 0 Å². The Morgan fingerprint density at radius 1 is 1.04 bits per heavy atom. The first-order chi connectivity index (χ1) is 12.6. The number of hydrogen-bond acceptors (Lipinski definition) is 3. The Balaban J connectivity index is 1.72. The lowest BCUT2D eigenvalue weighted by Gasteiger charge is -2.12. The van der Waals surface area contributed by atoms with E-state index in [1.807, 2.05) is 32.4 Å². The molecule has 4 aromatic rings. The van der Waals surface area contributed by atoms with Crippen molar-refractivity contribution >= 4 is 11.0 Å².